The highest BCUT2D eigenvalue weighted by atomic mass is 32.2. The Morgan fingerprint density at radius 2 is 2.20 bits per heavy atom. The van der Waals surface area contributed by atoms with Gasteiger partial charge in [0.25, 0.3) is 0 Å². The van der Waals surface area contributed by atoms with E-state index in [1.54, 1.807) is 0 Å². The molecule has 0 spiro atoms. The standard InChI is InChI=1S/C7H17NOS/c1-3-4-5-10(9)6-7(2)8/h7H,3-6,8H2,1-2H3. The molecule has 0 aliphatic rings. The number of nitrogens with two attached hydrogens (primary N) is 1. The zero-order valence-corrected chi connectivity index (χ0v) is 7.62. The van der Waals surface area contributed by atoms with E-state index < -0.39 is 10.8 Å². The van der Waals surface area contributed by atoms with Crippen molar-refractivity contribution in [3.63, 3.8) is 0 Å². The molecule has 0 radical (unpaired) electrons. The molecule has 0 aromatic heterocycles. The van der Waals surface area contributed by atoms with E-state index in [1.165, 1.54) is 0 Å². The van der Waals surface area contributed by atoms with E-state index in [-0.39, 0.29) is 6.04 Å². The van der Waals surface area contributed by atoms with Crippen LogP contribution >= 0.6 is 0 Å². The van der Waals surface area contributed by atoms with Gasteiger partial charge in [-0.1, -0.05) is 13.3 Å². The van der Waals surface area contributed by atoms with Crippen molar-refractivity contribution in [1.82, 2.24) is 0 Å². The highest BCUT2D eigenvalue weighted by Crippen LogP contribution is 1.93. The van der Waals surface area contributed by atoms with Crippen molar-refractivity contribution in [2.75, 3.05) is 11.5 Å². The molecule has 62 valence electrons. The maximum Gasteiger partial charge on any atom is 0.0383 e. The third-order valence-electron chi connectivity index (χ3n) is 1.17. The van der Waals surface area contributed by atoms with Crippen molar-refractivity contribution in [3.8, 4) is 0 Å². The molecular weight excluding hydrogens is 146 g/mol. The summed E-state index contributed by atoms with van der Waals surface area (Å²) in [6, 6.07) is 0.0812. The molecule has 0 amide bonds. The Morgan fingerprint density at radius 3 is 2.60 bits per heavy atom. The second-order valence-corrected chi connectivity index (χ2v) is 4.26. The average molecular weight is 163 g/mol. The van der Waals surface area contributed by atoms with E-state index >= 15 is 0 Å². The monoisotopic (exact) mass is 163 g/mol. The van der Waals surface area contributed by atoms with Gasteiger partial charge >= 0.3 is 0 Å². The Hall–Kier alpha value is 0.110. The molecule has 10 heavy (non-hydrogen) atoms. The summed E-state index contributed by atoms with van der Waals surface area (Å²) < 4.78 is 11.0. The Kier molecular flexibility index (Phi) is 5.93. The van der Waals surface area contributed by atoms with Crippen LogP contribution in [0.1, 0.15) is 26.7 Å². The lowest BCUT2D eigenvalue weighted by Crippen LogP contribution is -2.24. The molecule has 0 aliphatic heterocycles. The van der Waals surface area contributed by atoms with Gasteiger partial charge in [0.15, 0.2) is 0 Å². The zero-order chi connectivity index (χ0) is 7.98. The lowest BCUT2D eigenvalue weighted by Gasteiger charge is -2.03. The number of unbranched alkanes of at least 4 members (excludes halogenated alkanes) is 1. The normalized spacial score (nSPS) is 16.7. The SMILES string of the molecule is CCCCS(=O)CC(C)N. The summed E-state index contributed by atoms with van der Waals surface area (Å²) in [7, 11) is -0.675. The van der Waals surface area contributed by atoms with Gasteiger partial charge in [0, 0.05) is 28.3 Å². The Morgan fingerprint density at radius 1 is 1.60 bits per heavy atom. The van der Waals surface area contributed by atoms with Crippen LogP contribution in [-0.2, 0) is 10.8 Å². The van der Waals surface area contributed by atoms with Gasteiger partial charge in [0.1, 0.15) is 0 Å². The average Bonchev–Trinajstić information content (AvgIpc) is 1.82. The van der Waals surface area contributed by atoms with Crippen molar-refractivity contribution < 1.29 is 4.21 Å². The fourth-order valence-electron chi connectivity index (χ4n) is 0.682. The van der Waals surface area contributed by atoms with Crippen LogP contribution < -0.4 is 5.73 Å². The second kappa shape index (κ2) is 5.86. The molecule has 2 atom stereocenters. The van der Waals surface area contributed by atoms with Crippen molar-refractivity contribution in [2.24, 2.45) is 5.73 Å². The molecule has 0 aromatic rings. The van der Waals surface area contributed by atoms with Gasteiger partial charge in [-0.05, 0) is 13.3 Å². The van der Waals surface area contributed by atoms with Crippen LogP contribution in [0.3, 0.4) is 0 Å². The maximum atomic E-state index is 11.0. The summed E-state index contributed by atoms with van der Waals surface area (Å²) in [4.78, 5) is 0. The minimum Gasteiger partial charge on any atom is -0.327 e. The van der Waals surface area contributed by atoms with Gasteiger partial charge < -0.3 is 5.73 Å². The highest BCUT2D eigenvalue weighted by Gasteiger charge is 2.01. The van der Waals surface area contributed by atoms with Gasteiger partial charge in [0.05, 0.1) is 0 Å². The summed E-state index contributed by atoms with van der Waals surface area (Å²) in [5.41, 5.74) is 5.47. The molecular formula is C7H17NOS. The Balaban J connectivity index is 3.26. The Bertz CT molecular complexity index is 104. The number of hydrogen-bond donors (Lipinski definition) is 1. The predicted octanol–water partition coefficient (Wildman–Crippen LogP) is 0.882. The van der Waals surface area contributed by atoms with E-state index in [0.29, 0.717) is 5.75 Å². The molecule has 0 heterocycles. The Labute approximate surface area is 65.6 Å². The summed E-state index contributed by atoms with van der Waals surface area (Å²) in [5.74, 6) is 1.47. The maximum absolute atomic E-state index is 11.0. The van der Waals surface area contributed by atoms with Gasteiger partial charge in [-0.15, -0.1) is 0 Å². The van der Waals surface area contributed by atoms with Crippen molar-refractivity contribution in [3.05, 3.63) is 0 Å². The third kappa shape index (κ3) is 6.23. The van der Waals surface area contributed by atoms with Crippen LogP contribution in [0.4, 0.5) is 0 Å². The minimum absolute atomic E-state index is 0.0812. The van der Waals surface area contributed by atoms with E-state index in [4.69, 9.17) is 5.73 Å². The van der Waals surface area contributed by atoms with E-state index in [0.717, 1.165) is 18.6 Å². The van der Waals surface area contributed by atoms with Crippen molar-refractivity contribution >= 4 is 10.8 Å². The molecule has 0 saturated heterocycles. The van der Waals surface area contributed by atoms with Crippen LogP contribution in [0, 0.1) is 0 Å². The minimum atomic E-state index is -0.675. The van der Waals surface area contributed by atoms with Crippen LogP contribution in [0.25, 0.3) is 0 Å². The molecule has 2 nitrogen and oxygen atoms in total. The smallest absolute Gasteiger partial charge is 0.0383 e. The van der Waals surface area contributed by atoms with Crippen LogP contribution in [0.2, 0.25) is 0 Å². The molecule has 0 aromatic carbocycles. The first-order valence-electron chi connectivity index (χ1n) is 3.77. The largest absolute Gasteiger partial charge is 0.327 e. The molecule has 3 heteroatoms. The van der Waals surface area contributed by atoms with Gasteiger partial charge in [0.2, 0.25) is 0 Å². The highest BCUT2D eigenvalue weighted by molar-refractivity contribution is 7.85. The van der Waals surface area contributed by atoms with Crippen LogP contribution in [-0.4, -0.2) is 21.8 Å². The topological polar surface area (TPSA) is 43.1 Å². The molecule has 0 saturated carbocycles. The number of hydrogen-bond acceptors (Lipinski definition) is 2. The first-order chi connectivity index (χ1) is 4.66. The van der Waals surface area contributed by atoms with Crippen LogP contribution in [0.15, 0.2) is 0 Å². The third-order valence-corrected chi connectivity index (χ3v) is 2.82. The first kappa shape index (κ1) is 10.1. The van der Waals surface area contributed by atoms with Crippen molar-refractivity contribution in [2.45, 2.75) is 32.7 Å². The summed E-state index contributed by atoms with van der Waals surface area (Å²) >= 11 is 0. The van der Waals surface area contributed by atoms with E-state index in [9.17, 15) is 4.21 Å². The molecule has 2 N–H and O–H groups in total. The summed E-state index contributed by atoms with van der Waals surface area (Å²) in [5, 5.41) is 0. The lowest BCUT2D eigenvalue weighted by molar-refractivity contribution is 0.673. The molecule has 0 aliphatic carbocycles. The van der Waals surface area contributed by atoms with Gasteiger partial charge in [-0.3, -0.25) is 4.21 Å². The van der Waals surface area contributed by atoms with Gasteiger partial charge in [-0.2, -0.15) is 0 Å². The summed E-state index contributed by atoms with van der Waals surface area (Å²) in [6.45, 7) is 3.99. The van der Waals surface area contributed by atoms with Crippen molar-refractivity contribution in [1.29, 1.82) is 0 Å². The lowest BCUT2D eigenvalue weighted by atomic mass is 10.4. The molecule has 0 bridgehead atoms. The molecule has 2 unspecified atom stereocenters. The zero-order valence-electron chi connectivity index (χ0n) is 6.80. The fraction of sp³-hybridized carbons (Fsp3) is 1.00. The molecule has 0 fully saturated rings. The second-order valence-electron chi connectivity index (χ2n) is 2.64. The van der Waals surface area contributed by atoms with Crippen LogP contribution in [0.5, 0.6) is 0 Å². The van der Waals surface area contributed by atoms with E-state index in [1.807, 2.05) is 6.92 Å². The van der Waals surface area contributed by atoms with Gasteiger partial charge in [-0.25, -0.2) is 0 Å². The fourth-order valence-corrected chi connectivity index (χ4v) is 2.05. The quantitative estimate of drug-likeness (QED) is 0.654. The molecule has 0 rings (SSSR count). The van der Waals surface area contributed by atoms with E-state index in [2.05, 4.69) is 6.92 Å². The summed E-state index contributed by atoms with van der Waals surface area (Å²) in [6.07, 6.45) is 2.17. The number of rotatable bonds is 5. The predicted molar refractivity (Wildman–Crippen MR) is 46.4 cm³/mol. The first-order valence-corrected chi connectivity index (χ1v) is 5.26.